The van der Waals surface area contributed by atoms with Crippen LogP contribution in [0.1, 0.15) is 71.4 Å². The molecule has 3 amide bonds. The second-order valence-corrected chi connectivity index (χ2v) is 12.8. The first-order chi connectivity index (χ1) is 18.7. The molecule has 3 aliphatic heterocycles. The SMILES string of the molecule is CC1(C)CCCCOc2cccc3c2CN(C3)C(=O)O[C@@H]2CC(C(=O)O)N(C2)C(=O)[C@H](C(C)(C)C)NC(=O)OC1. The third kappa shape index (κ3) is 6.79. The number of cyclic esters (lactones) is 1. The summed E-state index contributed by atoms with van der Waals surface area (Å²) in [6, 6.07) is 3.51. The number of carbonyl (C=O) groups excluding carboxylic acids is 3. The average Bonchev–Trinajstić information content (AvgIpc) is 3.49. The van der Waals surface area contributed by atoms with Crippen LogP contribution in [0.4, 0.5) is 9.59 Å². The van der Waals surface area contributed by atoms with Crippen LogP contribution < -0.4 is 10.1 Å². The number of carbonyl (C=O) groups is 4. The number of ether oxygens (including phenoxy) is 3. The molecule has 0 aromatic heterocycles. The number of fused-ring (bicyclic) bond motifs is 3. The van der Waals surface area contributed by atoms with E-state index >= 15 is 0 Å². The highest BCUT2D eigenvalue weighted by molar-refractivity contribution is 5.90. The van der Waals surface area contributed by atoms with Crippen LogP contribution in [0.3, 0.4) is 0 Å². The summed E-state index contributed by atoms with van der Waals surface area (Å²) >= 11 is 0. The largest absolute Gasteiger partial charge is 0.493 e. The summed E-state index contributed by atoms with van der Waals surface area (Å²) < 4.78 is 17.3. The minimum absolute atomic E-state index is 0.0442. The van der Waals surface area contributed by atoms with Crippen molar-refractivity contribution in [1.29, 1.82) is 0 Å². The molecule has 0 aliphatic carbocycles. The molecule has 4 rings (SSSR count). The molecule has 0 spiro atoms. The van der Waals surface area contributed by atoms with Crippen molar-refractivity contribution in [3.05, 3.63) is 29.3 Å². The van der Waals surface area contributed by atoms with Crippen molar-refractivity contribution < 1.29 is 38.5 Å². The van der Waals surface area contributed by atoms with Crippen molar-refractivity contribution in [2.75, 3.05) is 19.8 Å². The Labute approximate surface area is 235 Å². The molecule has 1 saturated heterocycles. The van der Waals surface area contributed by atoms with Gasteiger partial charge in [0.05, 0.1) is 26.3 Å². The van der Waals surface area contributed by atoms with Crippen LogP contribution >= 0.6 is 0 Å². The number of nitrogens with one attached hydrogen (secondary N) is 1. The van der Waals surface area contributed by atoms with E-state index in [1.807, 2.05) is 32.0 Å². The molecule has 1 aromatic rings. The fourth-order valence-electron chi connectivity index (χ4n) is 5.43. The summed E-state index contributed by atoms with van der Waals surface area (Å²) in [5.74, 6) is -1.03. The minimum atomic E-state index is -1.20. The van der Waals surface area contributed by atoms with E-state index in [0.29, 0.717) is 19.7 Å². The maximum Gasteiger partial charge on any atom is 0.410 e. The zero-order valence-electron chi connectivity index (χ0n) is 24.0. The fraction of sp³-hybridized carbons (Fsp3) is 0.655. The molecular formula is C29H41N3O8. The number of carboxylic acid groups (broad SMARTS) is 1. The second kappa shape index (κ2) is 11.5. The van der Waals surface area contributed by atoms with E-state index in [0.717, 1.165) is 36.1 Å². The standard InChI is InChI=1S/C29H41N3O8/c1-28(2,3)23-24(33)32-15-19(13-21(32)25(34)35)40-27(37)31-14-18-9-8-10-22(20(18)16-31)38-12-7-6-11-29(4,5)17-39-26(36)30-23/h8-10,19,21,23H,6-7,11-17H2,1-5H3,(H,30,36)(H,34,35)/t19-,21?,23-/m1/s1. The lowest BCUT2D eigenvalue weighted by Crippen LogP contribution is -2.57. The van der Waals surface area contributed by atoms with Crippen LogP contribution in [0.25, 0.3) is 0 Å². The molecule has 3 atom stereocenters. The third-order valence-electron chi connectivity index (χ3n) is 7.77. The predicted octanol–water partition coefficient (Wildman–Crippen LogP) is 3.92. The van der Waals surface area contributed by atoms with Gasteiger partial charge in [0.2, 0.25) is 5.91 Å². The first kappa shape index (κ1) is 29.5. The number of alkyl carbamates (subject to hydrolysis) is 1. The number of hydrogen-bond donors (Lipinski definition) is 2. The van der Waals surface area contributed by atoms with Crippen molar-refractivity contribution in [2.24, 2.45) is 10.8 Å². The van der Waals surface area contributed by atoms with E-state index in [2.05, 4.69) is 5.32 Å². The van der Waals surface area contributed by atoms with Gasteiger partial charge in [0.1, 0.15) is 23.9 Å². The fourth-order valence-corrected chi connectivity index (χ4v) is 5.43. The summed E-state index contributed by atoms with van der Waals surface area (Å²) in [6.07, 6.45) is 0.308. The van der Waals surface area contributed by atoms with Crippen molar-refractivity contribution in [2.45, 2.75) is 91.6 Å². The number of carboxylic acids is 1. The normalized spacial score (nSPS) is 26.2. The minimum Gasteiger partial charge on any atom is -0.493 e. The second-order valence-electron chi connectivity index (χ2n) is 12.8. The topological polar surface area (TPSA) is 135 Å². The van der Waals surface area contributed by atoms with Gasteiger partial charge < -0.3 is 29.5 Å². The molecular weight excluding hydrogens is 518 g/mol. The van der Waals surface area contributed by atoms with Gasteiger partial charge in [0.15, 0.2) is 0 Å². The highest BCUT2D eigenvalue weighted by atomic mass is 16.6. The molecule has 11 nitrogen and oxygen atoms in total. The van der Waals surface area contributed by atoms with Crippen LogP contribution in [0, 0.1) is 10.8 Å². The molecule has 220 valence electrons. The lowest BCUT2D eigenvalue weighted by Gasteiger charge is -2.34. The van der Waals surface area contributed by atoms with Crippen LogP contribution in [-0.4, -0.2) is 76.9 Å². The Bertz CT molecular complexity index is 1140. The number of amides is 3. The number of aliphatic carboxylic acids is 1. The van der Waals surface area contributed by atoms with Gasteiger partial charge in [-0.25, -0.2) is 14.4 Å². The first-order valence-corrected chi connectivity index (χ1v) is 13.9. The molecule has 3 aliphatic rings. The molecule has 40 heavy (non-hydrogen) atoms. The monoisotopic (exact) mass is 559 g/mol. The maximum atomic E-state index is 13.7. The third-order valence-corrected chi connectivity index (χ3v) is 7.77. The number of benzene rings is 1. The Hall–Kier alpha value is -3.50. The molecule has 3 heterocycles. The molecule has 1 aromatic carbocycles. The summed E-state index contributed by atoms with van der Waals surface area (Å²) in [4.78, 5) is 54.5. The molecule has 1 fully saturated rings. The Kier molecular flexibility index (Phi) is 8.51. The zero-order valence-corrected chi connectivity index (χ0v) is 24.0. The smallest absolute Gasteiger partial charge is 0.410 e. The van der Waals surface area contributed by atoms with Crippen molar-refractivity contribution >= 4 is 24.1 Å². The van der Waals surface area contributed by atoms with Gasteiger partial charge in [0, 0.05) is 18.5 Å². The van der Waals surface area contributed by atoms with Crippen LogP contribution in [0.15, 0.2) is 18.2 Å². The molecule has 4 bridgehead atoms. The van der Waals surface area contributed by atoms with E-state index < -0.39 is 47.7 Å². The summed E-state index contributed by atoms with van der Waals surface area (Å²) in [5, 5.41) is 12.6. The zero-order chi connectivity index (χ0) is 29.2. The molecule has 0 saturated carbocycles. The molecule has 2 N–H and O–H groups in total. The highest BCUT2D eigenvalue weighted by Crippen LogP contribution is 2.33. The Morgan fingerprint density at radius 2 is 1.85 bits per heavy atom. The lowest BCUT2D eigenvalue weighted by molar-refractivity contribution is -0.150. The Morgan fingerprint density at radius 1 is 1.10 bits per heavy atom. The van der Waals surface area contributed by atoms with Crippen LogP contribution in [-0.2, 0) is 32.2 Å². The van der Waals surface area contributed by atoms with Crippen molar-refractivity contribution in [3.8, 4) is 5.75 Å². The van der Waals surface area contributed by atoms with Gasteiger partial charge >= 0.3 is 18.2 Å². The summed E-state index contributed by atoms with van der Waals surface area (Å²) in [5.41, 5.74) is 0.881. The maximum absolute atomic E-state index is 13.7. The van der Waals surface area contributed by atoms with E-state index in [4.69, 9.17) is 14.2 Å². The highest BCUT2D eigenvalue weighted by Gasteiger charge is 2.47. The number of nitrogens with zero attached hydrogens (tertiary/aromatic N) is 2. The molecule has 0 radical (unpaired) electrons. The lowest BCUT2D eigenvalue weighted by atomic mass is 9.85. The van der Waals surface area contributed by atoms with E-state index in [9.17, 15) is 24.3 Å². The van der Waals surface area contributed by atoms with Crippen molar-refractivity contribution in [3.63, 3.8) is 0 Å². The van der Waals surface area contributed by atoms with Gasteiger partial charge in [0.25, 0.3) is 0 Å². The van der Waals surface area contributed by atoms with Gasteiger partial charge in [-0.2, -0.15) is 0 Å². The van der Waals surface area contributed by atoms with Gasteiger partial charge in [-0.1, -0.05) is 46.8 Å². The van der Waals surface area contributed by atoms with E-state index in [1.165, 1.54) is 4.90 Å². The molecule has 11 heteroatoms. The Morgan fingerprint density at radius 3 is 2.55 bits per heavy atom. The quantitative estimate of drug-likeness (QED) is 0.529. The Balaban J connectivity index is 1.59. The average molecular weight is 560 g/mol. The van der Waals surface area contributed by atoms with Crippen molar-refractivity contribution in [1.82, 2.24) is 15.1 Å². The van der Waals surface area contributed by atoms with Gasteiger partial charge in [-0.3, -0.25) is 9.69 Å². The number of rotatable bonds is 1. The number of hydrogen-bond acceptors (Lipinski definition) is 7. The van der Waals surface area contributed by atoms with E-state index in [1.54, 1.807) is 25.7 Å². The van der Waals surface area contributed by atoms with Crippen LogP contribution in [0.2, 0.25) is 0 Å². The van der Waals surface area contributed by atoms with Gasteiger partial charge in [-0.15, -0.1) is 0 Å². The summed E-state index contributed by atoms with van der Waals surface area (Å²) in [6.45, 7) is 10.6. The summed E-state index contributed by atoms with van der Waals surface area (Å²) in [7, 11) is 0. The predicted molar refractivity (Wildman–Crippen MR) is 145 cm³/mol. The van der Waals surface area contributed by atoms with Crippen LogP contribution in [0.5, 0.6) is 5.75 Å². The molecule has 1 unspecified atom stereocenters. The van der Waals surface area contributed by atoms with E-state index in [-0.39, 0.29) is 25.0 Å². The first-order valence-electron chi connectivity index (χ1n) is 13.9. The van der Waals surface area contributed by atoms with Gasteiger partial charge in [-0.05, 0) is 41.7 Å².